The zero-order chi connectivity index (χ0) is 14.4. The van der Waals surface area contributed by atoms with Gasteiger partial charge in [-0.1, -0.05) is 0 Å². The lowest BCUT2D eigenvalue weighted by molar-refractivity contribution is -0.0177. The number of nitrogens with one attached hydrogen (secondary N) is 1. The third-order valence-electron chi connectivity index (χ3n) is 3.38. The van der Waals surface area contributed by atoms with Crippen molar-refractivity contribution in [3.8, 4) is 0 Å². The van der Waals surface area contributed by atoms with Crippen LogP contribution in [0, 0.1) is 0 Å². The van der Waals surface area contributed by atoms with Crippen LogP contribution in [-0.2, 0) is 15.0 Å². The molecular formula is C14H24N2O3S. The Morgan fingerprint density at radius 1 is 1.65 bits per heavy atom. The van der Waals surface area contributed by atoms with Gasteiger partial charge in [-0.25, -0.2) is 4.98 Å². The second kappa shape index (κ2) is 7.47. The van der Waals surface area contributed by atoms with Gasteiger partial charge >= 0.3 is 0 Å². The predicted octanol–water partition coefficient (Wildman–Crippen LogP) is 1.52. The summed E-state index contributed by atoms with van der Waals surface area (Å²) >= 11 is 1.61. The minimum Gasteiger partial charge on any atom is -0.389 e. The molecule has 1 aliphatic rings. The molecule has 1 aromatic rings. The Kier molecular flexibility index (Phi) is 5.92. The van der Waals surface area contributed by atoms with Gasteiger partial charge in [0.25, 0.3) is 0 Å². The Morgan fingerprint density at radius 3 is 3.15 bits per heavy atom. The highest BCUT2D eigenvalue weighted by Crippen LogP contribution is 2.21. The van der Waals surface area contributed by atoms with Crippen LogP contribution in [0.25, 0.3) is 0 Å². The van der Waals surface area contributed by atoms with E-state index in [9.17, 15) is 5.11 Å². The van der Waals surface area contributed by atoms with Gasteiger partial charge in [0, 0.05) is 24.7 Å². The summed E-state index contributed by atoms with van der Waals surface area (Å²) in [4.78, 5) is 4.31. The maximum Gasteiger partial charge on any atom is 0.112 e. The first-order chi connectivity index (χ1) is 9.58. The van der Waals surface area contributed by atoms with Gasteiger partial charge in [0.15, 0.2) is 0 Å². The number of nitrogens with zero attached hydrogens (tertiary/aromatic N) is 1. The van der Waals surface area contributed by atoms with Crippen LogP contribution in [0.1, 0.15) is 31.7 Å². The number of ether oxygens (including phenoxy) is 2. The molecule has 2 rings (SSSR count). The first-order valence-corrected chi connectivity index (χ1v) is 7.98. The van der Waals surface area contributed by atoms with Crippen molar-refractivity contribution in [1.82, 2.24) is 10.3 Å². The minimum absolute atomic E-state index is 0.210. The van der Waals surface area contributed by atoms with Crippen LogP contribution < -0.4 is 5.32 Å². The normalized spacial score (nSPS) is 21.2. The first-order valence-electron chi connectivity index (χ1n) is 7.10. The Balaban J connectivity index is 1.63. The van der Waals surface area contributed by atoms with Crippen LogP contribution in [0.2, 0.25) is 0 Å². The third kappa shape index (κ3) is 4.79. The maximum absolute atomic E-state index is 9.94. The van der Waals surface area contributed by atoms with Crippen molar-refractivity contribution in [2.75, 3.05) is 26.4 Å². The van der Waals surface area contributed by atoms with Crippen molar-refractivity contribution in [2.24, 2.45) is 0 Å². The number of aliphatic hydroxyl groups is 1. The molecule has 1 fully saturated rings. The van der Waals surface area contributed by atoms with E-state index >= 15 is 0 Å². The molecule has 2 unspecified atom stereocenters. The fourth-order valence-electron chi connectivity index (χ4n) is 2.15. The van der Waals surface area contributed by atoms with Gasteiger partial charge < -0.3 is 19.9 Å². The number of thiazole rings is 1. The smallest absolute Gasteiger partial charge is 0.112 e. The van der Waals surface area contributed by atoms with E-state index < -0.39 is 6.10 Å². The van der Waals surface area contributed by atoms with Crippen LogP contribution in [0.15, 0.2) is 11.6 Å². The molecule has 0 aromatic carbocycles. The lowest BCUT2D eigenvalue weighted by Crippen LogP contribution is -2.42. The fraction of sp³-hybridized carbons (Fsp3) is 0.786. The summed E-state index contributed by atoms with van der Waals surface area (Å²) in [6, 6.07) is 0. The summed E-state index contributed by atoms with van der Waals surface area (Å²) in [6.45, 7) is 6.35. The van der Waals surface area contributed by atoms with E-state index in [1.54, 1.807) is 17.5 Å². The molecule has 114 valence electrons. The SMILES string of the molecule is CC(C)(NCC(O)COCC1CCCO1)c1nccs1. The van der Waals surface area contributed by atoms with E-state index in [2.05, 4.69) is 24.1 Å². The van der Waals surface area contributed by atoms with Crippen LogP contribution in [-0.4, -0.2) is 48.7 Å². The largest absolute Gasteiger partial charge is 0.389 e. The van der Waals surface area contributed by atoms with E-state index in [0.717, 1.165) is 24.5 Å². The number of aromatic nitrogens is 1. The second-order valence-corrected chi connectivity index (χ2v) is 6.56. The van der Waals surface area contributed by atoms with E-state index in [-0.39, 0.29) is 11.6 Å². The quantitative estimate of drug-likeness (QED) is 0.762. The zero-order valence-electron chi connectivity index (χ0n) is 12.2. The number of rotatable bonds is 8. The highest BCUT2D eigenvalue weighted by Gasteiger charge is 2.23. The lowest BCUT2D eigenvalue weighted by atomic mass is 10.1. The van der Waals surface area contributed by atoms with E-state index in [4.69, 9.17) is 9.47 Å². The molecule has 5 nitrogen and oxygen atoms in total. The highest BCUT2D eigenvalue weighted by molar-refractivity contribution is 7.09. The van der Waals surface area contributed by atoms with Gasteiger partial charge in [-0.15, -0.1) is 11.3 Å². The van der Waals surface area contributed by atoms with Crippen LogP contribution in [0.3, 0.4) is 0 Å². The molecule has 0 bridgehead atoms. The second-order valence-electron chi connectivity index (χ2n) is 5.67. The van der Waals surface area contributed by atoms with Crippen molar-refractivity contribution >= 4 is 11.3 Å². The fourth-order valence-corrected chi connectivity index (χ4v) is 2.89. The topological polar surface area (TPSA) is 63.6 Å². The molecule has 2 heterocycles. The number of aliphatic hydroxyl groups excluding tert-OH is 1. The Morgan fingerprint density at radius 2 is 2.50 bits per heavy atom. The van der Waals surface area contributed by atoms with Gasteiger partial charge in [0.1, 0.15) is 5.01 Å². The molecule has 0 radical (unpaired) electrons. The zero-order valence-corrected chi connectivity index (χ0v) is 13.0. The molecule has 2 N–H and O–H groups in total. The van der Waals surface area contributed by atoms with E-state index in [0.29, 0.717) is 19.8 Å². The molecular weight excluding hydrogens is 276 g/mol. The van der Waals surface area contributed by atoms with Gasteiger partial charge in [0.2, 0.25) is 0 Å². The molecule has 0 saturated carbocycles. The monoisotopic (exact) mass is 300 g/mol. The first kappa shape index (κ1) is 15.9. The molecule has 2 atom stereocenters. The molecule has 1 aliphatic heterocycles. The standard InChI is InChI=1S/C14H24N2O3S/c1-14(2,13-15-5-7-20-13)16-8-11(17)9-18-10-12-4-3-6-19-12/h5,7,11-12,16-17H,3-4,6,8-10H2,1-2H3. The molecule has 0 amide bonds. The van der Waals surface area contributed by atoms with Crippen LogP contribution in [0.4, 0.5) is 0 Å². The number of hydrogen-bond acceptors (Lipinski definition) is 6. The Hall–Kier alpha value is -0.530. The summed E-state index contributed by atoms with van der Waals surface area (Å²) in [5, 5.41) is 16.2. The van der Waals surface area contributed by atoms with Crippen LogP contribution in [0.5, 0.6) is 0 Å². The average molecular weight is 300 g/mol. The van der Waals surface area contributed by atoms with Crippen molar-refractivity contribution in [3.05, 3.63) is 16.6 Å². The molecule has 1 aromatic heterocycles. The molecule has 6 heteroatoms. The van der Waals surface area contributed by atoms with Crippen molar-refractivity contribution in [3.63, 3.8) is 0 Å². The summed E-state index contributed by atoms with van der Waals surface area (Å²) in [5.74, 6) is 0. The average Bonchev–Trinajstić information content (AvgIpc) is 3.09. The summed E-state index contributed by atoms with van der Waals surface area (Å²) in [5.41, 5.74) is -0.232. The van der Waals surface area contributed by atoms with Gasteiger partial charge in [-0.05, 0) is 26.7 Å². The van der Waals surface area contributed by atoms with Gasteiger partial charge in [0.05, 0.1) is 31.0 Å². The van der Waals surface area contributed by atoms with Gasteiger partial charge in [-0.2, -0.15) is 0 Å². The van der Waals surface area contributed by atoms with Crippen molar-refractivity contribution in [1.29, 1.82) is 0 Å². The summed E-state index contributed by atoms with van der Waals surface area (Å²) < 4.78 is 11.0. The van der Waals surface area contributed by atoms with Crippen molar-refractivity contribution < 1.29 is 14.6 Å². The minimum atomic E-state index is -0.518. The molecule has 0 aliphatic carbocycles. The summed E-state index contributed by atoms with van der Waals surface area (Å²) in [6.07, 6.45) is 3.66. The van der Waals surface area contributed by atoms with Crippen LogP contribution >= 0.6 is 11.3 Å². The van der Waals surface area contributed by atoms with E-state index in [1.165, 1.54) is 0 Å². The Labute approximate surface area is 124 Å². The highest BCUT2D eigenvalue weighted by atomic mass is 32.1. The molecule has 1 saturated heterocycles. The molecule has 20 heavy (non-hydrogen) atoms. The summed E-state index contributed by atoms with van der Waals surface area (Å²) in [7, 11) is 0. The van der Waals surface area contributed by atoms with Gasteiger partial charge in [-0.3, -0.25) is 0 Å². The Bertz CT molecular complexity index is 378. The third-order valence-corrected chi connectivity index (χ3v) is 4.48. The molecule has 0 spiro atoms. The lowest BCUT2D eigenvalue weighted by Gasteiger charge is -2.25. The number of hydrogen-bond donors (Lipinski definition) is 2. The van der Waals surface area contributed by atoms with Crippen molar-refractivity contribution in [2.45, 2.75) is 44.4 Å². The maximum atomic E-state index is 9.94. The predicted molar refractivity (Wildman–Crippen MR) is 78.9 cm³/mol. The van der Waals surface area contributed by atoms with E-state index in [1.807, 2.05) is 5.38 Å².